The number of hydrogen-bond donors (Lipinski definition) is 1. The first kappa shape index (κ1) is 16.7. The van der Waals surface area contributed by atoms with Crippen molar-refractivity contribution in [1.29, 1.82) is 0 Å². The van der Waals surface area contributed by atoms with E-state index < -0.39 is 0 Å². The van der Waals surface area contributed by atoms with Gasteiger partial charge in [-0.1, -0.05) is 12.1 Å². The summed E-state index contributed by atoms with van der Waals surface area (Å²) >= 11 is 1.71. The van der Waals surface area contributed by atoms with E-state index in [2.05, 4.69) is 61.3 Å². The molecule has 0 radical (unpaired) electrons. The Kier molecular flexibility index (Phi) is 4.67. The normalized spacial score (nSPS) is 11.0. The van der Waals surface area contributed by atoms with Crippen molar-refractivity contribution in [2.75, 3.05) is 6.26 Å². The van der Waals surface area contributed by atoms with Crippen molar-refractivity contribution in [3.05, 3.63) is 64.8 Å². The van der Waals surface area contributed by atoms with Crippen LogP contribution >= 0.6 is 11.8 Å². The van der Waals surface area contributed by atoms with E-state index in [1.165, 1.54) is 16.2 Å². The molecule has 0 saturated carbocycles. The second-order valence-corrected chi connectivity index (χ2v) is 6.91. The van der Waals surface area contributed by atoms with Gasteiger partial charge in [-0.05, 0) is 61.6 Å². The van der Waals surface area contributed by atoms with Crippen molar-refractivity contribution < 1.29 is 4.79 Å². The second kappa shape index (κ2) is 6.73. The van der Waals surface area contributed by atoms with Gasteiger partial charge in [0.2, 0.25) is 0 Å². The van der Waals surface area contributed by atoms with Crippen LogP contribution in [0.3, 0.4) is 0 Å². The number of carbonyl (C=O) groups is 1. The maximum atomic E-state index is 12.5. The number of aromatic nitrogens is 1. The molecule has 0 aliphatic heterocycles. The van der Waals surface area contributed by atoms with Crippen LogP contribution in [0, 0.1) is 13.8 Å². The Morgan fingerprint density at radius 3 is 2.50 bits per heavy atom. The number of nitrogens with zero attached hydrogens (tertiary/aromatic N) is 1. The van der Waals surface area contributed by atoms with Crippen LogP contribution in [0.15, 0.2) is 47.4 Å². The Morgan fingerprint density at radius 1 is 1.12 bits per heavy atom. The molecule has 1 amide bonds. The molecule has 0 aliphatic rings. The highest BCUT2D eigenvalue weighted by Gasteiger charge is 2.12. The molecule has 24 heavy (non-hydrogen) atoms. The monoisotopic (exact) mass is 338 g/mol. The molecule has 0 atom stereocenters. The summed E-state index contributed by atoms with van der Waals surface area (Å²) in [7, 11) is 2.06. The lowest BCUT2D eigenvalue weighted by Crippen LogP contribution is -2.22. The number of carbonyl (C=O) groups excluding carboxylic acids is 1. The van der Waals surface area contributed by atoms with Crippen LogP contribution in [0.25, 0.3) is 10.9 Å². The van der Waals surface area contributed by atoms with E-state index in [0.717, 1.165) is 16.5 Å². The largest absolute Gasteiger partial charge is 0.348 e. The summed E-state index contributed by atoms with van der Waals surface area (Å²) in [5.41, 5.74) is 5.44. The summed E-state index contributed by atoms with van der Waals surface area (Å²) in [6, 6.07) is 14.2. The molecule has 3 rings (SSSR count). The van der Waals surface area contributed by atoms with Crippen LogP contribution in [0.5, 0.6) is 0 Å². The van der Waals surface area contributed by atoms with Gasteiger partial charge >= 0.3 is 0 Å². The summed E-state index contributed by atoms with van der Waals surface area (Å²) < 4.78 is 2.17. The van der Waals surface area contributed by atoms with Crippen molar-refractivity contribution in [2.24, 2.45) is 7.05 Å². The average molecular weight is 338 g/mol. The number of nitrogens with one attached hydrogen (secondary N) is 1. The highest BCUT2D eigenvalue weighted by atomic mass is 32.2. The number of hydrogen-bond acceptors (Lipinski definition) is 2. The minimum absolute atomic E-state index is 0.0354. The number of benzene rings is 2. The number of aryl methyl sites for hydroxylation is 2. The van der Waals surface area contributed by atoms with Crippen LogP contribution in [0.4, 0.5) is 0 Å². The lowest BCUT2D eigenvalue weighted by atomic mass is 10.1. The van der Waals surface area contributed by atoms with Crippen molar-refractivity contribution in [1.82, 2.24) is 9.88 Å². The van der Waals surface area contributed by atoms with Gasteiger partial charge in [-0.3, -0.25) is 4.79 Å². The Balaban J connectivity index is 1.77. The molecule has 0 fully saturated rings. The number of rotatable bonds is 4. The first-order valence-electron chi connectivity index (χ1n) is 7.98. The van der Waals surface area contributed by atoms with Gasteiger partial charge in [0.05, 0.1) is 0 Å². The molecule has 3 nitrogen and oxygen atoms in total. The van der Waals surface area contributed by atoms with Gasteiger partial charge in [0.1, 0.15) is 0 Å². The van der Waals surface area contributed by atoms with Crippen LogP contribution in [-0.4, -0.2) is 16.7 Å². The summed E-state index contributed by atoms with van der Waals surface area (Å²) in [6.07, 6.45) is 2.06. The van der Waals surface area contributed by atoms with Crippen LogP contribution in [0.1, 0.15) is 27.2 Å². The third-order valence-corrected chi connectivity index (χ3v) is 5.43. The van der Waals surface area contributed by atoms with E-state index in [0.29, 0.717) is 12.1 Å². The van der Waals surface area contributed by atoms with E-state index in [-0.39, 0.29) is 5.91 Å². The zero-order chi connectivity index (χ0) is 17.3. The van der Waals surface area contributed by atoms with Crippen LogP contribution in [0.2, 0.25) is 0 Å². The minimum atomic E-state index is -0.0354. The zero-order valence-electron chi connectivity index (χ0n) is 14.5. The molecular formula is C20H22N2OS. The summed E-state index contributed by atoms with van der Waals surface area (Å²) in [4.78, 5) is 13.7. The second-order valence-electron chi connectivity index (χ2n) is 6.03. The Hall–Kier alpha value is -2.20. The molecular weight excluding hydrogens is 316 g/mol. The SMILES string of the molecule is CSc1ccc(CNC(=O)c2ccc3c(c2)c(C)c(C)n3C)cc1. The third kappa shape index (κ3) is 3.06. The molecule has 1 heterocycles. The van der Waals surface area contributed by atoms with Gasteiger partial charge in [0, 0.05) is 40.6 Å². The van der Waals surface area contributed by atoms with Crippen LogP contribution in [-0.2, 0) is 13.6 Å². The van der Waals surface area contributed by atoms with E-state index in [1.807, 2.05) is 18.2 Å². The molecule has 0 unspecified atom stereocenters. The standard InChI is InChI=1S/C20H22N2OS/c1-13-14(2)22(3)19-10-7-16(11-18(13)19)20(23)21-12-15-5-8-17(24-4)9-6-15/h5-11H,12H2,1-4H3,(H,21,23). The first-order valence-corrected chi connectivity index (χ1v) is 9.20. The topological polar surface area (TPSA) is 34.0 Å². The summed E-state index contributed by atoms with van der Waals surface area (Å²) in [5, 5.41) is 4.15. The fraction of sp³-hybridized carbons (Fsp3) is 0.250. The van der Waals surface area contributed by atoms with Gasteiger partial charge in [0.25, 0.3) is 5.91 Å². The fourth-order valence-electron chi connectivity index (χ4n) is 2.93. The van der Waals surface area contributed by atoms with Gasteiger partial charge in [-0.2, -0.15) is 0 Å². The van der Waals surface area contributed by atoms with Gasteiger partial charge in [0.15, 0.2) is 0 Å². The summed E-state index contributed by atoms with van der Waals surface area (Å²) in [5.74, 6) is -0.0354. The molecule has 1 N–H and O–H groups in total. The quantitative estimate of drug-likeness (QED) is 0.713. The molecule has 124 valence electrons. The van der Waals surface area contributed by atoms with Crippen molar-refractivity contribution in [2.45, 2.75) is 25.3 Å². The zero-order valence-corrected chi connectivity index (χ0v) is 15.3. The first-order chi connectivity index (χ1) is 11.5. The van der Waals surface area contributed by atoms with E-state index in [4.69, 9.17) is 0 Å². The Bertz CT molecular complexity index is 894. The lowest BCUT2D eigenvalue weighted by molar-refractivity contribution is 0.0951. The van der Waals surface area contributed by atoms with Crippen molar-refractivity contribution in [3.8, 4) is 0 Å². The highest BCUT2D eigenvalue weighted by molar-refractivity contribution is 7.98. The van der Waals surface area contributed by atoms with Crippen molar-refractivity contribution in [3.63, 3.8) is 0 Å². The molecule has 0 aliphatic carbocycles. The molecule has 1 aromatic heterocycles. The van der Waals surface area contributed by atoms with Crippen molar-refractivity contribution >= 4 is 28.6 Å². The number of thioether (sulfide) groups is 1. The molecule has 2 aromatic carbocycles. The van der Waals surface area contributed by atoms with E-state index >= 15 is 0 Å². The number of fused-ring (bicyclic) bond motifs is 1. The third-order valence-electron chi connectivity index (χ3n) is 4.68. The molecule has 0 saturated heterocycles. The average Bonchev–Trinajstić information content (AvgIpc) is 2.84. The maximum Gasteiger partial charge on any atom is 0.251 e. The molecule has 3 aromatic rings. The van der Waals surface area contributed by atoms with Gasteiger partial charge in [-0.15, -0.1) is 11.8 Å². The summed E-state index contributed by atoms with van der Waals surface area (Å²) in [6.45, 7) is 4.75. The van der Waals surface area contributed by atoms with E-state index in [1.54, 1.807) is 11.8 Å². The Morgan fingerprint density at radius 2 is 1.83 bits per heavy atom. The van der Waals surface area contributed by atoms with Gasteiger partial charge in [-0.25, -0.2) is 0 Å². The smallest absolute Gasteiger partial charge is 0.251 e. The molecule has 4 heteroatoms. The maximum absolute atomic E-state index is 12.5. The predicted octanol–water partition coefficient (Wildman–Crippen LogP) is 4.45. The fourth-order valence-corrected chi connectivity index (χ4v) is 3.33. The lowest BCUT2D eigenvalue weighted by Gasteiger charge is -2.07. The Labute approximate surface area is 147 Å². The highest BCUT2D eigenvalue weighted by Crippen LogP contribution is 2.25. The van der Waals surface area contributed by atoms with E-state index in [9.17, 15) is 4.79 Å². The van der Waals surface area contributed by atoms with Gasteiger partial charge < -0.3 is 9.88 Å². The predicted molar refractivity (Wildman–Crippen MR) is 102 cm³/mol. The molecule has 0 spiro atoms. The molecule has 0 bridgehead atoms. The number of amides is 1. The minimum Gasteiger partial charge on any atom is -0.348 e. The van der Waals surface area contributed by atoms with Crippen LogP contribution < -0.4 is 5.32 Å².